The molecule has 2 aromatic carbocycles. The number of benzene rings is 2. The van der Waals surface area contributed by atoms with Gasteiger partial charge in [-0.15, -0.1) is 10.2 Å². The zero-order chi connectivity index (χ0) is 23.9. The van der Waals surface area contributed by atoms with Crippen molar-refractivity contribution in [2.45, 2.75) is 39.7 Å². The lowest BCUT2D eigenvalue weighted by molar-refractivity contribution is 0.521. The van der Waals surface area contributed by atoms with E-state index in [1.807, 2.05) is 25.3 Å². The minimum Gasteiger partial charge on any atom is -0.369 e. The van der Waals surface area contributed by atoms with Gasteiger partial charge in [0.05, 0.1) is 28.7 Å². The Morgan fingerprint density at radius 3 is 2.52 bits per heavy atom. The number of anilines is 1. The summed E-state index contributed by atoms with van der Waals surface area (Å²) >= 11 is 0. The summed E-state index contributed by atoms with van der Waals surface area (Å²) in [5.74, 6) is 0.150. The van der Waals surface area contributed by atoms with Gasteiger partial charge in [-0.05, 0) is 68.1 Å². The summed E-state index contributed by atoms with van der Waals surface area (Å²) in [7, 11) is -3.65. The summed E-state index contributed by atoms with van der Waals surface area (Å²) in [6, 6.07) is 5.48. The summed E-state index contributed by atoms with van der Waals surface area (Å²) in [4.78, 5) is 0. The number of fused-ring (bicyclic) bond motifs is 4. The van der Waals surface area contributed by atoms with Gasteiger partial charge in [-0.2, -0.15) is 0 Å². The van der Waals surface area contributed by atoms with Crippen molar-refractivity contribution < 1.29 is 17.2 Å². The van der Waals surface area contributed by atoms with Crippen LogP contribution in [0.4, 0.5) is 14.5 Å². The highest BCUT2D eigenvalue weighted by atomic mass is 32.2. The molecule has 5 rings (SSSR count). The van der Waals surface area contributed by atoms with Gasteiger partial charge in [0.1, 0.15) is 17.5 Å². The van der Waals surface area contributed by atoms with E-state index < -0.39 is 27.2 Å². The molecule has 10 heteroatoms. The molecule has 0 amide bonds. The second-order valence-corrected chi connectivity index (χ2v) is 10.7. The van der Waals surface area contributed by atoms with Crippen LogP contribution in [0, 0.1) is 18.6 Å². The van der Waals surface area contributed by atoms with E-state index in [2.05, 4.69) is 15.5 Å². The average molecular weight is 472 g/mol. The first-order valence-corrected chi connectivity index (χ1v) is 12.4. The Hall–Kier alpha value is -3.27. The molecule has 1 N–H and O–H groups in total. The first-order chi connectivity index (χ1) is 15.4. The lowest BCUT2D eigenvalue weighted by Crippen LogP contribution is -2.37. The van der Waals surface area contributed by atoms with Crippen molar-refractivity contribution in [2.24, 2.45) is 0 Å². The number of rotatable bonds is 3. The van der Waals surface area contributed by atoms with Crippen LogP contribution in [0.25, 0.3) is 27.7 Å². The van der Waals surface area contributed by atoms with E-state index >= 15 is 4.39 Å². The molecule has 3 heterocycles. The number of hydrogen-bond donors (Lipinski definition) is 1. The van der Waals surface area contributed by atoms with Crippen LogP contribution in [0.5, 0.6) is 0 Å². The topological polar surface area (TPSA) is 81.8 Å². The summed E-state index contributed by atoms with van der Waals surface area (Å²) in [6.07, 6.45) is 2.95. The van der Waals surface area contributed by atoms with Gasteiger partial charge in [0.25, 0.3) is 0 Å². The van der Waals surface area contributed by atoms with Gasteiger partial charge in [-0.1, -0.05) is 6.92 Å². The quantitative estimate of drug-likeness (QED) is 0.476. The molecule has 0 saturated heterocycles. The van der Waals surface area contributed by atoms with E-state index in [9.17, 15) is 12.8 Å². The summed E-state index contributed by atoms with van der Waals surface area (Å²) in [5, 5.41) is 12.3. The van der Waals surface area contributed by atoms with Crippen molar-refractivity contribution in [1.82, 2.24) is 18.7 Å². The lowest BCUT2D eigenvalue weighted by Gasteiger charge is -2.35. The normalized spacial score (nSPS) is 14.8. The van der Waals surface area contributed by atoms with Gasteiger partial charge < -0.3 is 5.32 Å². The number of aromatic nitrogens is 4. The highest BCUT2D eigenvalue weighted by Crippen LogP contribution is 2.45. The Kier molecular flexibility index (Phi) is 4.49. The van der Waals surface area contributed by atoms with Crippen LogP contribution >= 0.6 is 0 Å². The standard InChI is InChI=1S/C23H23F2N5O2S/c1-6-14-17(16-9-13(24)10-19-15(16)7-8-29(19)33(5,31)32)11-18(25)20-21(14)30-12(2)27-28-22(30)23(3,4)26-20/h7-11,26H,6H2,1-5H3. The fourth-order valence-electron chi connectivity index (χ4n) is 4.74. The predicted octanol–water partition coefficient (Wildman–Crippen LogP) is 4.51. The van der Waals surface area contributed by atoms with Gasteiger partial charge in [0.2, 0.25) is 10.0 Å². The van der Waals surface area contributed by atoms with E-state index in [0.717, 1.165) is 15.8 Å². The molecule has 2 aromatic heterocycles. The molecular formula is C23H23F2N5O2S. The Morgan fingerprint density at radius 1 is 1.12 bits per heavy atom. The molecule has 172 valence electrons. The van der Waals surface area contributed by atoms with Gasteiger partial charge in [0.15, 0.2) is 5.82 Å². The van der Waals surface area contributed by atoms with Gasteiger partial charge in [-0.3, -0.25) is 4.57 Å². The minimum atomic E-state index is -3.65. The molecule has 0 radical (unpaired) electrons. The molecule has 0 saturated carbocycles. The highest BCUT2D eigenvalue weighted by molar-refractivity contribution is 7.89. The zero-order valence-corrected chi connectivity index (χ0v) is 19.7. The molecule has 4 aromatic rings. The van der Waals surface area contributed by atoms with Crippen molar-refractivity contribution in [3.05, 3.63) is 59.3 Å². The van der Waals surface area contributed by atoms with E-state index in [4.69, 9.17) is 0 Å². The number of halogens is 2. The fraction of sp³-hybridized carbons (Fsp3) is 0.304. The SMILES string of the molecule is CCc1c(-c2cc(F)cc3c2ccn3S(C)(=O)=O)cc(F)c2c1-n1c(C)nnc1C(C)(C)N2. The highest BCUT2D eigenvalue weighted by Gasteiger charge is 2.37. The third-order valence-corrected chi connectivity index (χ3v) is 7.17. The van der Waals surface area contributed by atoms with Gasteiger partial charge >= 0.3 is 0 Å². The average Bonchev–Trinajstić information content (AvgIpc) is 3.32. The second kappa shape index (κ2) is 6.86. The van der Waals surface area contributed by atoms with Crippen molar-refractivity contribution in [3.8, 4) is 16.8 Å². The van der Waals surface area contributed by atoms with E-state index in [0.29, 0.717) is 46.0 Å². The van der Waals surface area contributed by atoms with Crippen molar-refractivity contribution >= 4 is 26.6 Å². The van der Waals surface area contributed by atoms with Crippen LogP contribution in [0.3, 0.4) is 0 Å². The third kappa shape index (κ3) is 3.07. The maximum Gasteiger partial charge on any atom is 0.236 e. The number of hydrogen-bond acceptors (Lipinski definition) is 5. The molecule has 0 spiro atoms. The van der Waals surface area contributed by atoms with E-state index in [1.54, 1.807) is 13.0 Å². The summed E-state index contributed by atoms with van der Waals surface area (Å²) in [5.41, 5.74) is 2.15. The molecular weight excluding hydrogens is 448 g/mol. The van der Waals surface area contributed by atoms with Gasteiger partial charge in [-0.25, -0.2) is 21.2 Å². The number of nitrogens with zero attached hydrogens (tertiary/aromatic N) is 4. The van der Waals surface area contributed by atoms with Crippen LogP contribution in [0.1, 0.15) is 38.0 Å². The zero-order valence-electron chi connectivity index (χ0n) is 18.9. The van der Waals surface area contributed by atoms with Crippen LogP contribution in [0.15, 0.2) is 30.5 Å². The smallest absolute Gasteiger partial charge is 0.236 e. The van der Waals surface area contributed by atoms with Crippen LogP contribution in [-0.2, 0) is 22.0 Å². The number of aryl methyl sites for hydroxylation is 1. The maximum atomic E-state index is 15.6. The van der Waals surface area contributed by atoms with Gasteiger partial charge in [0, 0.05) is 11.6 Å². The molecule has 0 atom stereocenters. The lowest BCUT2D eigenvalue weighted by atomic mass is 9.90. The molecule has 33 heavy (non-hydrogen) atoms. The minimum absolute atomic E-state index is 0.202. The Morgan fingerprint density at radius 2 is 1.85 bits per heavy atom. The Bertz CT molecular complexity index is 1570. The summed E-state index contributed by atoms with van der Waals surface area (Å²) in [6.45, 7) is 7.55. The predicted molar refractivity (Wildman–Crippen MR) is 123 cm³/mol. The third-order valence-electron chi connectivity index (χ3n) is 6.14. The molecule has 1 aliphatic rings. The molecule has 7 nitrogen and oxygen atoms in total. The monoisotopic (exact) mass is 471 g/mol. The fourth-order valence-corrected chi connectivity index (χ4v) is 5.53. The number of nitrogens with one attached hydrogen (secondary N) is 1. The van der Waals surface area contributed by atoms with Crippen molar-refractivity contribution in [2.75, 3.05) is 11.6 Å². The molecule has 0 aliphatic carbocycles. The second-order valence-electron chi connectivity index (χ2n) is 8.88. The Labute approximate surface area is 190 Å². The van der Waals surface area contributed by atoms with E-state index in [1.165, 1.54) is 24.4 Å². The van der Waals surface area contributed by atoms with Crippen molar-refractivity contribution in [1.29, 1.82) is 0 Å². The van der Waals surface area contributed by atoms with Crippen molar-refractivity contribution in [3.63, 3.8) is 0 Å². The maximum absolute atomic E-state index is 15.6. The van der Waals surface area contributed by atoms with Crippen LogP contribution < -0.4 is 5.32 Å². The first-order valence-electron chi connectivity index (χ1n) is 10.5. The molecule has 1 aliphatic heterocycles. The molecule has 0 fully saturated rings. The summed E-state index contributed by atoms with van der Waals surface area (Å²) < 4.78 is 57.6. The van der Waals surface area contributed by atoms with Crippen LogP contribution in [-0.4, -0.2) is 33.4 Å². The largest absolute Gasteiger partial charge is 0.369 e. The molecule has 0 unspecified atom stereocenters. The Balaban J connectivity index is 1.89. The molecule has 0 bridgehead atoms. The first kappa shape index (κ1) is 21.6. The van der Waals surface area contributed by atoms with Crippen LogP contribution in [0.2, 0.25) is 0 Å². The van der Waals surface area contributed by atoms with E-state index in [-0.39, 0.29) is 5.52 Å².